The fraction of sp³-hybridized carbons (Fsp3) is 0.450. The minimum atomic E-state index is 0.756. The van der Waals surface area contributed by atoms with E-state index in [0.29, 0.717) is 0 Å². The van der Waals surface area contributed by atoms with Crippen LogP contribution < -0.4 is 9.47 Å². The molecule has 0 spiro atoms. The second-order valence-corrected chi connectivity index (χ2v) is 6.72. The fourth-order valence-corrected chi connectivity index (χ4v) is 3.32. The van der Waals surface area contributed by atoms with Crippen molar-refractivity contribution < 1.29 is 9.47 Å². The maximum absolute atomic E-state index is 11.1. The molecule has 24 heavy (non-hydrogen) atoms. The number of pyridine rings is 1. The van der Waals surface area contributed by atoms with Crippen molar-refractivity contribution >= 4 is 0 Å². The molecule has 1 aromatic carbocycles. The SMILES string of the molecule is C[C@@H]1CCCN(CCCOc2ccc(-c3cc[n+]([O-])cc3)cc2)C1. The summed E-state index contributed by atoms with van der Waals surface area (Å²) in [6.07, 6.45) is 6.80. The van der Waals surface area contributed by atoms with Crippen molar-refractivity contribution in [3.05, 3.63) is 54.0 Å². The Morgan fingerprint density at radius 1 is 1.12 bits per heavy atom. The number of hydrogen-bond donors (Lipinski definition) is 0. The van der Waals surface area contributed by atoms with Gasteiger partial charge in [-0.2, -0.15) is 4.73 Å². The zero-order valence-electron chi connectivity index (χ0n) is 14.4. The quantitative estimate of drug-likeness (QED) is 0.463. The first-order valence-electron chi connectivity index (χ1n) is 8.85. The predicted molar refractivity (Wildman–Crippen MR) is 95.8 cm³/mol. The molecule has 3 rings (SSSR count). The van der Waals surface area contributed by atoms with Gasteiger partial charge in [-0.3, -0.25) is 0 Å². The van der Waals surface area contributed by atoms with Crippen molar-refractivity contribution in [2.45, 2.75) is 26.2 Å². The summed E-state index contributed by atoms with van der Waals surface area (Å²) in [5.74, 6) is 1.74. The standard InChI is InChI=1S/C20H26N2O2/c1-17-4-2-11-21(16-17)12-3-15-24-20-7-5-18(6-8-20)19-9-13-22(23)14-10-19/h5-10,13-14,17H,2-4,11-12,15-16H2,1H3/t17-/m1/s1. The van der Waals surface area contributed by atoms with Crippen molar-refractivity contribution in [2.24, 2.45) is 5.92 Å². The lowest BCUT2D eigenvalue weighted by Crippen LogP contribution is -2.35. The molecule has 0 unspecified atom stereocenters. The van der Waals surface area contributed by atoms with E-state index in [1.54, 1.807) is 0 Å². The van der Waals surface area contributed by atoms with Gasteiger partial charge in [0.1, 0.15) is 5.75 Å². The van der Waals surface area contributed by atoms with Gasteiger partial charge in [-0.1, -0.05) is 19.1 Å². The van der Waals surface area contributed by atoms with Gasteiger partial charge in [-0.05, 0) is 55.0 Å². The Morgan fingerprint density at radius 3 is 2.54 bits per heavy atom. The summed E-state index contributed by atoms with van der Waals surface area (Å²) in [5.41, 5.74) is 2.12. The lowest BCUT2D eigenvalue weighted by Gasteiger charge is -2.30. The maximum Gasteiger partial charge on any atom is 0.180 e. The van der Waals surface area contributed by atoms with E-state index in [-0.39, 0.29) is 0 Å². The van der Waals surface area contributed by atoms with Crippen LogP contribution >= 0.6 is 0 Å². The molecule has 1 atom stereocenters. The van der Waals surface area contributed by atoms with Gasteiger partial charge < -0.3 is 14.8 Å². The summed E-state index contributed by atoms with van der Waals surface area (Å²) in [6.45, 7) is 6.69. The summed E-state index contributed by atoms with van der Waals surface area (Å²) >= 11 is 0. The molecule has 2 heterocycles. The fourth-order valence-electron chi connectivity index (χ4n) is 3.32. The zero-order valence-corrected chi connectivity index (χ0v) is 14.4. The summed E-state index contributed by atoms with van der Waals surface area (Å²) < 4.78 is 6.65. The topological polar surface area (TPSA) is 39.4 Å². The Labute approximate surface area is 144 Å². The van der Waals surface area contributed by atoms with Gasteiger partial charge in [0.15, 0.2) is 12.4 Å². The molecule has 0 aliphatic carbocycles. The van der Waals surface area contributed by atoms with E-state index in [4.69, 9.17) is 4.74 Å². The van der Waals surface area contributed by atoms with E-state index in [2.05, 4.69) is 11.8 Å². The molecule has 0 saturated carbocycles. The molecule has 1 fully saturated rings. The monoisotopic (exact) mass is 326 g/mol. The van der Waals surface area contributed by atoms with Crippen LogP contribution in [0.3, 0.4) is 0 Å². The summed E-state index contributed by atoms with van der Waals surface area (Å²) in [4.78, 5) is 2.55. The van der Waals surface area contributed by atoms with E-state index in [9.17, 15) is 5.21 Å². The van der Waals surface area contributed by atoms with E-state index in [1.807, 2.05) is 36.4 Å². The Hall–Kier alpha value is -2.07. The number of piperidine rings is 1. The second-order valence-electron chi connectivity index (χ2n) is 6.72. The normalized spacial score (nSPS) is 18.5. The molecule has 1 saturated heterocycles. The van der Waals surface area contributed by atoms with Crippen molar-refractivity contribution in [2.75, 3.05) is 26.2 Å². The molecular formula is C20H26N2O2. The van der Waals surface area contributed by atoms with Crippen LogP contribution in [0.15, 0.2) is 48.8 Å². The summed E-state index contributed by atoms with van der Waals surface area (Å²) in [6, 6.07) is 11.7. The van der Waals surface area contributed by atoms with Crippen LogP contribution in [-0.2, 0) is 0 Å². The first-order chi connectivity index (χ1) is 11.7. The smallest absolute Gasteiger partial charge is 0.180 e. The van der Waals surface area contributed by atoms with Gasteiger partial charge in [0.05, 0.1) is 6.61 Å². The van der Waals surface area contributed by atoms with Gasteiger partial charge >= 0.3 is 0 Å². The zero-order chi connectivity index (χ0) is 16.8. The van der Waals surface area contributed by atoms with Gasteiger partial charge in [0.25, 0.3) is 0 Å². The molecule has 1 aliphatic heterocycles. The lowest BCUT2D eigenvalue weighted by atomic mass is 10.0. The Morgan fingerprint density at radius 2 is 1.83 bits per heavy atom. The van der Waals surface area contributed by atoms with Crippen LogP contribution in [0.4, 0.5) is 0 Å². The molecule has 128 valence electrons. The maximum atomic E-state index is 11.1. The molecule has 1 aliphatic rings. The number of likely N-dealkylation sites (tertiary alicyclic amines) is 1. The van der Waals surface area contributed by atoms with E-state index >= 15 is 0 Å². The highest BCUT2D eigenvalue weighted by Gasteiger charge is 2.15. The molecule has 2 aromatic rings. The lowest BCUT2D eigenvalue weighted by molar-refractivity contribution is -0.605. The summed E-state index contributed by atoms with van der Waals surface area (Å²) in [7, 11) is 0. The average molecular weight is 326 g/mol. The van der Waals surface area contributed by atoms with Crippen molar-refractivity contribution in [1.82, 2.24) is 4.90 Å². The van der Waals surface area contributed by atoms with Crippen molar-refractivity contribution in [3.63, 3.8) is 0 Å². The first kappa shape index (κ1) is 16.8. The molecule has 1 aromatic heterocycles. The second kappa shape index (κ2) is 8.15. The van der Waals surface area contributed by atoms with Gasteiger partial charge in [-0.25, -0.2) is 0 Å². The third kappa shape index (κ3) is 4.71. The number of benzene rings is 1. The number of aromatic nitrogens is 1. The number of hydrogen-bond acceptors (Lipinski definition) is 3. The first-order valence-corrected chi connectivity index (χ1v) is 8.85. The van der Waals surface area contributed by atoms with Gasteiger partial charge in [-0.15, -0.1) is 0 Å². The van der Waals surface area contributed by atoms with Crippen molar-refractivity contribution in [3.8, 4) is 16.9 Å². The molecular weight excluding hydrogens is 300 g/mol. The third-order valence-corrected chi connectivity index (χ3v) is 4.62. The van der Waals surface area contributed by atoms with Crippen LogP contribution in [0.2, 0.25) is 0 Å². The van der Waals surface area contributed by atoms with E-state index < -0.39 is 0 Å². The highest BCUT2D eigenvalue weighted by atomic mass is 16.5. The Kier molecular flexibility index (Phi) is 5.70. The predicted octanol–water partition coefficient (Wildman–Crippen LogP) is 3.49. The molecule has 0 bridgehead atoms. The molecule has 0 N–H and O–H groups in total. The Bertz CT molecular complexity index is 625. The van der Waals surface area contributed by atoms with Crippen LogP contribution in [0.1, 0.15) is 26.2 Å². The highest BCUT2D eigenvalue weighted by molar-refractivity contribution is 5.63. The number of nitrogens with zero attached hydrogens (tertiary/aromatic N) is 2. The van der Waals surface area contributed by atoms with Crippen molar-refractivity contribution in [1.29, 1.82) is 0 Å². The molecule has 0 radical (unpaired) electrons. The molecule has 4 nitrogen and oxygen atoms in total. The third-order valence-electron chi connectivity index (χ3n) is 4.62. The molecule has 4 heteroatoms. The summed E-state index contributed by atoms with van der Waals surface area (Å²) in [5, 5.41) is 11.1. The minimum absolute atomic E-state index is 0.756. The minimum Gasteiger partial charge on any atom is -0.619 e. The van der Waals surface area contributed by atoms with Crippen LogP contribution in [-0.4, -0.2) is 31.1 Å². The van der Waals surface area contributed by atoms with Crippen LogP contribution in [0, 0.1) is 11.1 Å². The number of ether oxygens (including phenoxy) is 1. The highest BCUT2D eigenvalue weighted by Crippen LogP contribution is 2.21. The van der Waals surface area contributed by atoms with Crippen LogP contribution in [0.5, 0.6) is 5.75 Å². The average Bonchev–Trinajstić information content (AvgIpc) is 2.60. The van der Waals surface area contributed by atoms with Crippen LogP contribution in [0.25, 0.3) is 11.1 Å². The number of rotatable bonds is 6. The van der Waals surface area contributed by atoms with Gasteiger partial charge in [0, 0.05) is 25.2 Å². The Balaban J connectivity index is 1.43. The van der Waals surface area contributed by atoms with E-state index in [0.717, 1.165) is 47.1 Å². The van der Waals surface area contributed by atoms with E-state index in [1.165, 1.54) is 38.3 Å². The largest absolute Gasteiger partial charge is 0.619 e. The van der Waals surface area contributed by atoms with Gasteiger partial charge in [0.2, 0.25) is 0 Å². The molecule has 0 amide bonds.